The van der Waals surface area contributed by atoms with Crippen molar-refractivity contribution in [3.8, 4) is 11.5 Å². The van der Waals surface area contributed by atoms with Gasteiger partial charge in [-0.3, -0.25) is 0 Å². The van der Waals surface area contributed by atoms with Crippen LogP contribution in [0, 0.1) is 0 Å². The molecule has 0 aliphatic heterocycles. The van der Waals surface area contributed by atoms with E-state index in [1.165, 1.54) is 0 Å². The van der Waals surface area contributed by atoms with E-state index in [0.29, 0.717) is 17.1 Å². The zero-order chi connectivity index (χ0) is 14.5. The molecule has 0 aliphatic rings. The monoisotopic (exact) mass is 276 g/mol. The molecule has 20 heavy (non-hydrogen) atoms. The summed E-state index contributed by atoms with van der Waals surface area (Å²) in [6.45, 7) is 2.14. The third-order valence-electron chi connectivity index (χ3n) is 3.36. The minimum absolute atomic E-state index is 0.263. The van der Waals surface area contributed by atoms with Crippen LogP contribution in [0.4, 0.5) is 0 Å². The van der Waals surface area contributed by atoms with Crippen LogP contribution < -0.4 is 15.1 Å². The number of hydrogen-bond acceptors (Lipinski definition) is 4. The number of benzene rings is 1. The quantitative estimate of drug-likeness (QED) is 0.598. The second-order valence-corrected chi connectivity index (χ2v) is 4.76. The highest BCUT2D eigenvalue weighted by molar-refractivity contribution is 5.81. The lowest BCUT2D eigenvalue weighted by molar-refractivity contribution is 0.355. The highest BCUT2D eigenvalue weighted by atomic mass is 16.5. The maximum atomic E-state index is 11.9. The fraction of sp³-hybridized carbons (Fsp3) is 0.438. The van der Waals surface area contributed by atoms with E-state index in [0.717, 1.165) is 36.6 Å². The van der Waals surface area contributed by atoms with E-state index in [1.807, 2.05) is 12.1 Å². The summed E-state index contributed by atoms with van der Waals surface area (Å²) in [7, 11) is 3.14. The minimum Gasteiger partial charge on any atom is -0.493 e. The number of fused-ring (bicyclic) bond motifs is 1. The number of aryl methyl sites for hydroxylation is 1. The fourth-order valence-corrected chi connectivity index (χ4v) is 2.23. The van der Waals surface area contributed by atoms with Gasteiger partial charge in [-0.15, -0.1) is 0 Å². The van der Waals surface area contributed by atoms with Gasteiger partial charge in [0.2, 0.25) is 0 Å². The Labute approximate surface area is 118 Å². The lowest BCUT2D eigenvalue weighted by Crippen LogP contribution is -2.07. The van der Waals surface area contributed by atoms with Gasteiger partial charge in [0.15, 0.2) is 11.5 Å². The molecule has 1 aromatic carbocycles. The van der Waals surface area contributed by atoms with Gasteiger partial charge in [-0.2, -0.15) is 0 Å². The predicted molar refractivity (Wildman–Crippen MR) is 78.8 cm³/mol. The number of ether oxygens (including phenoxy) is 2. The van der Waals surface area contributed by atoms with Crippen molar-refractivity contribution >= 4 is 11.0 Å². The lowest BCUT2D eigenvalue weighted by atomic mass is 10.1. The number of methoxy groups -OCH3 is 2. The average Bonchev–Trinajstić information content (AvgIpc) is 2.46. The van der Waals surface area contributed by atoms with Crippen molar-refractivity contribution in [2.75, 3.05) is 14.2 Å². The second-order valence-electron chi connectivity index (χ2n) is 4.76. The SMILES string of the molecule is CCCCCc1cc2cc(OC)c(OC)cc2oc1=O. The van der Waals surface area contributed by atoms with Crippen LogP contribution in [0.1, 0.15) is 31.7 Å². The van der Waals surface area contributed by atoms with Crippen LogP contribution in [-0.4, -0.2) is 14.2 Å². The smallest absolute Gasteiger partial charge is 0.339 e. The zero-order valence-corrected chi connectivity index (χ0v) is 12.2. The van der Waals surface area contributed by atoms with E-state index in [2.05, 4.69) is 6.92 Å². The number of unbranched alkanes of at least 4 members (excludes halogenated alkanes) is 2. The highest BCUT2D eigenvalue weighted by Gasteiger charge is 2.10. The Morgan fingerprint density at radius 1 is 1.05 bits per heavy atom. The number of rotatable bonds is 6. The third-order valence-corrected chi connectivity index (χ3v) is 3.36. The van der Waals surface area contributed by atoms with E-state index in [9.17, 15) is 4.79 Å². The second kappa shape index (κ2) is 6.46. The summed E-state index contributed by atoms with van der Waals surface area (Å²) in [4.78, 5) is 11.9. The molecule has 0 atom stereocenters. The molecule has 0 amide bonds. The van der Waals surface area contributed by atoms with Crippen LogP contribution in [0.15, 0.2) is 27.4 Å². The Hall–Kier alpha value is -1.97. The molecule has 108 valence electrons. The molecule has 1 heterocycles. The first kappa shape index (κ1) is 14.4. The summed E-state index contributed by atoms with van der Waals surface area (Å²) >= 11 is 0. The molecular weight excluding hydrogens is 256 g/mol. The van der Waals surface area contributed by atoms with Gasteiger partial charge in [0.25, 0.3) is 0 Å². The van der Waals surface area contributed by atoms with Crippen molar-refractivity contribution in [2.24, 2.45) is 0 Å². The molecule has 0 radical (unpaired) electrons. The molecule has 0 bridgehead atoms. The van der Waals surface area contributed by atoms with Crippen LogP contribution in [-0.2, 0) is 6.42 Å². The molecule has 1 aromatic heterocycles. The molecule has 0 fully saturated rings. The largest absolute Gasteiger partial charge is 0.493 e. The van der Waals surface area contributed by atoms with E-state index >= 15 is 0 Å². The maximum absolute atomic E-state index is 11.9. The van der Waals surface area contributed by atoms with E-state index < -0.39 is 0 Å². The average molecular weight is 276 g/mol. The molecule has 2 aromatic rings. The van der Waals surface area contributed by atoms with E-state index in [4.69, 9.17) is 13.9 Å². The molecule has 0 unspecified atom stereocenters. The van der Waals surface area contributed by atoms with E-state index in [1.54, 1.807) is 20.3 Å². The van der Waals surface area contributed by atoms with Crippen LogP contribution in [0.5, 0.6) is 11.5 Å². The fourth-order valence-electron chi connectivity index (χ4n) is 2.23. The molecule has 0 spiro atoms. The topological polar surface area (TPSA) is 48.7 Å². The number of hydrogen-bond donors (Lipinski definition) is 0. The summed E-state index contributed by atoms with van der Waals surface area (Å²) in [5.41, 5.74) is 0.978. The Morgan fingerprint density at radius 2 is 1.75 bits per heavy atom. The lowest BCUT2D eigenvalue weighted by Gasteiger charge is -2.09. The van der Waals surface area contributed by atoms with Gasteiger partial charge >= 0.3 is 5.63 Å². The third kappa shape index (κ3) is 2.95. The maximum Gasteiger partial charge on any atom is 0.339 e. The highest BCUT2D eigenvalue weighted by Crippen LogP contribution is 2.31. The summed E-state index contributed by atoms with van der Waals surface area (Å²) in [5.74, 6) is 1.19. The molecule has 0 N–H and O–H groups in total. The first-order valence-electron chi connectivity index (χ1n) is 6.88. The molecule has 2 rings (SSSR count). The Morgan fingerprint density at radius 3 is 2.40 bits per heavy atom. The molecule has 4 nitrogen and oxygen atoms in total. The van der Waals surface area contributed by atoms with Crippen LogP contribution >= 0.6 is 0 Å². The Kier molecular flexibility index (Phi) is 4.66. The van der Waals surface area contributed by atoms with Crippen molar-refractivity contribution in [2.45, 2.75) is 32.6 Å². The minimum atomic E-state index is -0.263. The van der Waals surface area contributed by atoms with Gasteiger partial charge in [0.1, 0.15) is 5.58 Å². The first-order chi connectivity index (χ1) is 9.69. The van der Waals surface area contributed by atoms with E-state index in [-0.39, 0.29) is 5.63 Å². The Bertz CT molecular complexity index is 643. The molecule has 0 saturated carbocycles. The van der Waals surface area contributed by atoms with Gasteiger partial charge in [0, 0.05) is 17.0 Å². The van der Waals surface area contributed by atoms with Gasteiger partial charge < -0.3 is 13.9 Å². The summed E-state index contributed by atoms with van der Waals surface area (Å²) < 4.78 is 15.8. The molecule has 0 aliphatic carbocycles. The van der Waals surface area contributed by atoms with Crippen LogP contribution in [0.3, 0.4) is 0 Å². The first-order valence-corrected chi connectivity index (χ1v) is 6.88. The van der Waals surface area contributed by atoms with Crippen molar-refractivity contribution in [1.82, 2.24) is 0 Å². The van der Waals surface area contributed by atoms with Gasteiger partial charge in [-0.25, -0.2) is 4.79 Å². The van der Waals surface area contributed by atoms with Gasteiger partial charge in [-0.05, 0) is 25.0 Å². The summed E-state index contributed by atoms with van der Waals surface area (Å²) in [6.07, 6.45) is 3.99. The summed E-state index contributed by atoms with van der Waals surface area (Å²) in [5, 5.41) is 0.855. The summed E-state index contributed by atoms with van der Waals surface area (Å²) in [6, 6.07) is 5.41. The van der Waals surface area contributed by atoms with Crippen LogP contribution in [0.25, 0.3) is 11.0 Å². The zero-order valence-electron chi connectivity index (χ0n) is 12.2. The van der Waals surface area contributed by atoms with Crippen LogP contribution in [0.2, 0.25) is 0 Å². The van der Waals surface area contributed by atoms with Gasteiger partial charge in [0.05, 0.1) is 14.2 Å². The standard InChI is InChI=1S/C16H20O4/c1-4-5-6-7-11-8-12-9-14(18-2)15(19-3)10-13(12)20-16(11)17/h8-10H,4-7H2,1-3H3. The Balaban J connectivity index is 2.44. The predicted octanol–water partition coefficient (Wildman–Crippen LogP) is 3.54. The molecular formula is C16H20O4. The molecule has 4 heteroatoms. The van der Waals surface area contributed by atoms with Crippen molar-refractivity contribution in [3.05, 3.63) is 34.2 Å². The van der Waals surface area contributed by atoms with Gasteiger partial charge in [-0.1, -0.05) is 19.8 Å². The normalized spacial score (nSPS) is 10.8. The van der Waals surface area contributed by atoms with Crippen molar-refractivity contribution in [1.29, 1.82) is 0 Å². The molecule has 0 saturated heterocycles. The van der Waals surface area contributed by atoms with Crippen molar-refractivity contribution < 1.29 is 13.9 Å². The van der Waals surface area contributed by atoms with Crippen molar-refractivity contribution in [3.63, 3.8) is 0 Å².